The lowest BCUT2D eigenvalue weighted by Crippen LogP contribution is -2.42. The van der Waals surface area contributed by atoms with Crippen LogP contribution in [-0.2, 0) is 6.54 Å². The standard InChI is InChI=1S/C17H23F3N2O.ClH/c18-17(19,20)23-16-3-1-2-14(10-16)12-22-8-6-15(7-9-22)21-11-13-4-5-13;/h1-3,10,13,15,21H,4-9,11-12H2;1H. The van der Waals surface area contributed by atoms with Crippen LogP contribution >= 0.6 is 12.4 Å². The predicted molar refractivity (Wildman–Crippen MR) is 89.4 cm³/mol. The van der Waals surface area contributed by atoms with Crippen molar-refractivity contribution in [2.45, 2.75) is 44.6 Å². The maximum atomic E-state index is 12.3. The summed E-state index contributed by atoms with van der Waals surface area (Å²) >= 11 is 0. The molecule has 3 rings (SSSR count). The van der Waals surface area contributed by atoms with Gasteiger partial charge in [-0.15, -0.1) is 25.6 Å². The molecule has 1 saturated carbocycles. The first-order valence-corrected chi connectivity index (χ1v) is 8.28. The molecule has 1 heterocycles. The lowest BCUT2D eigenvalue weighted by atomic mass is 10.0. The van der Waals surface area contributed by atoms with Crippen molar-refractivity contribution in [1.82, 2.24) is 10.2 Å². The molecular formula is C17H24ClF3N2O. The van der Waals surface area contributed by atoms with Gasteiger partial charge in [-0.2, -0.15) is 0 Å². The molecule has 0 radical (unpaired) electrons. The summed E-state index contributed by atoms with van der Waals surface area (Å²) in [4.78, 5) is 2.29. The van der Waals surface area contributed by atoms with Gasteiger partial charge in [0.25, 0.3) is 0 Å². The summed E-state index contributed by atoms with van der Waals surface area (Å²) in [6.07, 6.45) is 0.297. The number of piperidine rings is 1. The van der Waals surface area contributed by atoms with E-state index in [2.05, 4.69) is 15.0 Å². The minimum Gasteiger partial charge on any atom is -0.406 e. The van der Waals surface area contributed by atoms with Crippen molar-refractivity contribution in [3.05, 3.63) is 29.8 Å². The molecule has 0 unspecified atom stereocenters. The molecule has 0 spiro atoms. The third kappa shape index (κ3) is 6.49. The van der Waals surface area contributed by atoms with Gasteiger partial charge in [0.2, 0.25) is 0 Å². The van der Waals surface area contributed by atoms with Crippen LogP contribution in [0.4, 0.5) is 13.2 Å². The van der Waals surface area contributed by atoms with Gasteiger partial charge in [0.05, 0.1) is 0 Å². The molecular weight excluding hydrogens is 341 g/mol. The molecule has 2 aliphatic rings. The summed E-state index contributed by atoms with van der Waals surface area (Å²) in [5, 5.41) is 3.63. The molecule has 1 saturated heterocycles. The maximum Gasteiger partial charge on any atom is 0.573 e. The van der Waals surface area contributed by atoms with E-state index in [1.54, 1.807) is 6.07 Å². The molecule has 0 bridgehead atoms. The van der Waals surface area contributed by atoms with Gasteiger partial charge in [-0.3, -0.25) is 4.90 Å². The molecule has 1 aliphatic heterocycles. The molecule has 1 aliphatic carbocycles. The van der Waals surface area contributed by atoms with E-state index >= 15 is 0 Å². The number of nitrogens with one attached hydrogen (secondary N) is 1. The Kier molecular flexibility index (Phi) is 6.78. The Morgan fingerprint density at radius 2 is 1.83 bits per heavy atom. The summed E-state index contributed by atoms with van der Waals surface area (Å²) < 4.78 is 40.8. The van der Waals surface area contributed by atoms with E-state index in [1.165, 1.54) is 25.0 Å². The Balaban J connectivity index is 0.00000208. The third-order valence-corrected chi connectivity index (χ3v) is 4.52. The van der Waals surface area contributed by atoms with Crippen LogP contribution in [0.2, 0.25) is 0 Å². The van der Waals surface area contributed by atoms with Crippen LogP contribution in [0.1, 0.15) is 31.2 Å². The summed E-state index contributed by atoms with van der Waals surface area (Å²) in [5.74, 6) is 0.750. The largest absolute Gasteiger partial charge is 0.573 e. The third-order valence-electron chi connectivity index (χ3n) is 4.52. The fourth-order valence-electron chi connectivity index (χ4n) is 3.05. The number of nitrogens with zero attached hydrogens (tertiary/aromatic N) is 1. The van der Waals surface area contributed by atoms with Crippen LogP contribution in [0.25, 0.3) is 0 Å². The molecule has 7 heteroatoms. The zero-order valence-electron chi connectivity index (χ0n) is 13.5. The number of benzene rings is 1. The Labute approximate surface area is 147 Å². The Bertz CT molecular complexity index is 515. The number of ether oxygens (including phenoxy) is 1. The highest BCUT2D eigenvalue weighted by molar-refractivity contribution is 5.85. The second kappa shape index (κ2) is 8.41. The zero-order chi connectivity index (χ0) is 16.3. The van der Waals surface area contributed by atoms with Crippen LogP contribution < -0.4 is 10.1 Å². The lowest BCUT2D eigenvalue weighted by Gasteiger charge is -2.32. The minimum absolute atomic E-state index is 0. The van der Waals surface area contributed by atoms with Crippen LogP contribution in [0.15, 0.2) is 24.3 Å². The van der Waals surface area contributed by atoms with Crippen LogP contribution in [0.3, 0.4) is 0 Å². The fraction of sp³-hybridized carbons (Fsp3) is 0.647. The summed E-state index contributed by atoms with van der Waals surface area (Å²) in [6.45, 7) is 3.77. The SMILES string of the molecule is Cl.FC(F)(F)Oc1cccc(CN2CCC(NCC3CC3)CC2)c1. The van der Waals surface area contributed by atoms with E-state index in [0.29, 0.717) is 12.6 Å². The lowest BCUT2D eigenvalue weighted by molar-refractivity contribution is -0.274. The first-order chi connectivity index (χ1) is 11.0. The van der Waals surface area contributed by atoms with Gasteiger partial charge in [0, 0.05) is 12.6 Å². The molecule has 0 amide bonds. The average molecular weight is 365 g/mol. The van der Waals surface area contributed by atoms with E-state index in [0.717, 1.165) is 44.0 Å². The first-order valence-electron chi connectivity index (χ1n) is 8.28. The van der Waals surface area contributed by atoms with Crippen molar-refractivity contribution in [1.29, 1.82) is 0 Å². The maximum absolute atomic E-state index is 12.3. The number of hydrogen-bond donors (Lipinski definition) is 1. The van der Waals surface area contributed by atoms with Crippen LogP contribution in [-0.4, -0.2) is 36.9 Å². The predicted octanol–water partition coefficient (Wildman–Crippen LogP) is 3.97. The molecule has 1 aromatic rings. The van der Waals surface area contributed by atoms with Crippen molar-refractivity contribution in [2.24, 2.45) is 5.92 Å². The van der Waals surface area contributed by atoms with E-state index in [9.17, 15) is 13.2 Å². The first kappa shape index (κ1) is 19.3. The summed E-state index contributed by atoms with van der Waals surface area (Å²) in [5.41, 5.74) is 0.858. The highest BCUT2D eigenvalue weighted by Crippen LogP contribution is 2.28. The van der Waals surface area contributed by atoms with E-state index in [4.69, 9.17) is 0 Å². The van der Waals surface area contributed by atoms with Gasteiger partial charge < -0.3 is 10.1 Å². The van der Waals surface area contributed by atoms with Gasteiger partial charge in [-0.25, -0.2) is 0 Å². The second-order valence-corrected chi connectivity index (χ2v) is 6.60. The highest BCUT2D eigenvalue weighted by atomic mass is 35.5. The van der Waals surface area contributed by atoms with Gasteiger partial charge in [0.15, 0.2) is 0 Å². The smallest absolute Gasteiger partial charge is 0.406 e. The number of halogens is 4. The van der Waals surface area contributed by atoms with E-state index in [-0.39, 0.29) is 18.2 Å². The monoisotopic (exact) mass is 364 g/mol. The normalized spacial score (nSPS) is 19.8. The molecule has 136 valence electrons. The molecule has 0 atom stereocenters. The molecule has 0 aromatic heterocycles. The van der Waals surface area contributed by atoms with Gasteiger partial charge in [0.1, 0.15) is 5.75 Å². The number of rotatable bonds is 6. The topological polar surface area (TPSA) is 24.5 Å². The van der Waals surface area contributed by atoms with Gasteiger partial charge in [-0.1, -0.05) is 12.1 Å². The van der Waals surface area contributed by atoms with E-state index in [1.807, 2.05) is 6.07 Å². The molecule has 24 heavy (non-hydrogen) atoms. The number of likely N-dealkylation sites (tertiary alicyclic amines) is 1. The number of alkyl halides is 3. The summed E-state index contributed by atoms with van der Waals surface area (Å²) in [6, 6.07) is 6.86. The Morgan fingerprint density at radius 3 is 2.46 bits per heavy atom. The summed E-state index contributed by atoms with van der Waals surface area (Å²) in [7, 11) is 0. The number of hydrogen-bond acceptors (Lipinski definition) is 3. The van der Waals surface area contributed by atoms with Crippen molar-refractivity contribution in [2.75, 3.05) is 19.6 Å². The highest BCUT2D eigenvalue weighted by Gasteiger charge is 2.31. The Hall–Kier alpha value is -0.980. The molecule has 1 aromatic carbocycles. The average Bonchev–Trinajstić information content (AvgIpc) is 3.29. The van der Waals surface area contributed by atoms with Crippen LogP contribution in [0.5, 0.6) is 5.75 Å². The zero-order valence-corrected chi connectivity index (χ0v) is 14.3. The van der Waals surface area contributed by atoms with Crippen molar-refractivity contribution in [3.8, 4) is 5.75 Å². The van der Waals surface area contributed by atoms with Crippen molar-refractivity contribution >= 4 is 12.4 Å². The van der Waals surface area contributed by atoms with Crippen LogP contribution in [0, 0.1) is 5.92 Å². The molecule has 2 fully saturated rings. The van der Waals surface area contributed by atoms with Crippen molar-refractivity contribution in [3.63, 3.8) is 0 Å². The van der Waals surface area contributed by atoms with Gasteiger partial charge in [-0.05, 0) is 68.9 Å². The molecule has 3 nitrogen and oxygen atoms in total. The minimum atomic E-state index is -4.63. The van der Waals surface area contributed by atoms with Gasteiger partial charge >= 0.3 is 6.36 Å². The van der Waals surface area contributed by atoms with Crippen molar-refractivity contribution < 1.29 is 17.9 Å². The Morgan fingerprint density at radius 1 is 1.12 bits per heavy atom. The second-order valence-electron chi connectivity index (χ2n) is 6.60. The quantitative estimate of drug-likeness (QED) is 0.826. The fourth-order valence-corrected chi connectivity index (χ4v) is 3.05. The van der Waals surface area contributed by atoms with E-state index < -0.39 is 6.36 Å². The molecule has 1 N–H and O–H groups in total.